The number of hydrogen-bond donors (Lipinski definition) is 2. The van der Waals surface area contributed by atoms with Crippen LogP contribution >= 0.6 is 11.8 Å². The Morgan fingerprint density at radius 3 is 2.61 bits per heavy atom. The predicted octanol–water partition coefficient (Wildman–Crippen LogP) is 2.23. The Morgan fingerprint density at radius 1 is 1.33 bits per heavy atom. The summed E-state index contributed by atoms with van der Waals surface area (Å²) >= 11 is 1.56. The van der Waals surface area contributed by atoms with E-state index in [0.717, 1.165) is 11.3 Å². The molecule has 2 atom stereocenters. The maximum atomic E-state index is 11.7. The minimum atomic E-state index is 0.0366. The minimum Gasteiger partial charge on any atom is -0.396 e. The third kappa shape index (κ3) is 5.56. The van der Waals surface area contributed by atoms with Crippen LogP contribution < -0.4 is 5.32 Å². The van der Waals surface area contributed by atoms with Crippen LogP contribution in [-0.4, -0.2) is 29.1 Å². The third-order valence-electron chi connectivity index (χ3n) is 2.62. The van der Waals surface area contributed by atoms with Crippen LogP contribution in [0.3, 0.4) is 0 Å². The number of carbonyl (C=O) groups is 1. The summed E-state index contributed by atoms with van der Waals surface area (Å²) in [4.78, 5) is 11.7. The molecule has 0 fully saturated rings. The van der Waals surface area contributed by atoms with Gasteiger partial charge in [0.25, 0.3) is 0 Å². The van der Waals surface area contributed by atoms with Crippen molar-refractivity contribution < 1.29 is 9.90 Å². The van der Waals surface area contributed by atoms with Gasteiger partial charge in [-0.15, -0.1) is 0 Å². The van der Waals surface area contributed by atoms with Crippen LogP contribution in [-0.2, 0) is 4.79 Å². The number of aliphatic hydroxyl groups is 1. The first kappa shape index (κ1) is 15.1. The van der Waals surface area contributed by atoms with Gasteiger partial charge in [0.1, 0.15) is 0 Å². The lowest BCUT2D eigenvalue weighted by atomic mass is 10.1. The van der Waals surface area contributed by atoms with Crippen LogP contribution in [0.5, 0.6) is 0 Å². The molecular weight excluding hydrogens is 246 g/mol. The first-order valence-electron chi connectivity index (χ1n) is 6.16. The van der Waals surface area contributed by atoms with Crippen molar-refractivity contribution in [2.45, 2.75) is 19.9 Å². The fourth-order valence-electron chi connectivity index (χ4n) is 1.51. The molecule has 1 aromatic rings. The Balaban J connectivity index is 2.28. The third-order valence-corrected chi connectivity index (χ3v) is 3.90. The SMILES string of the molecule is CC(CO)CSCC(=O)NC(C)c1ccccc1. The van der Waals surface area contributed by atoms with Gasteiger partial charge in [-0.2, -0.15) is 11.8 Å². The highest BCUT2D eigenvalue weighted by Gasteiger charge is 2.09. The van der Waals surface area contributed by atoms with Gasteiger partial charge in [-0.3, -0.25) is 4.79 Å². The standard InChI is InChI=1S/C14H21NO2S/c1-11(8-16)9-18-10-14(17)15-12(2)13-6-4-3-5-7-13/h3-7,11-12,16H,8-10H2,1-2H3,(H,15,17). The molecule has 1 rings (SSSR count). The zero-order valence-electron chi connectivity index (χ0n) is 10.9. The number of amides is 1. The number of nitrogens with one attached hydrogen (secondary N) is 1. The Morgan fingerprint density at radius 2 is 2.00 bits per heavy atom. The normalized spacial score (nSPS) is 13.9. The van der Waals surface area contributed by atoms with E-state index in [1.165, 1.54) is 0 Å². The van der Waals surface area contributed by atoms with Crippen molar-refractivity contribution in [3.05, 3.63) is 35.9 Å². The molecule has 0 heterocycles. The van der Waals surface area contributed by atoms with Gasteiger partial charge in [0.2, 0.25) is 5.91 Å². The molecule has 0 aliphatic heterocycles. The van der Waals surface area contributed by atoms with Crippen molar-refractivity contribution in [2.24, 2.45) is 5.92 Å². The lowest BCUT2D eigenvalue weighted by molar-refractivity contribution is -0.119. The average Bonchev–Trinajstić information content (AvgIpc) is 2.39. The van der Waals surface area contributed by atoms with Gasteiger partial charge in [0.15, 0.2) is 0 Å². The van der Waals surface area contributed by atoms with E-state index in [9.17, 15) is 4.79 Å². The van der Waals surface area contributed by atoms with Crippen molar-refractivity contribution in [3.63, 3.8) is 0 Å². The van der Waals surface area contributed by atoms with Gasteiger partial charge in [-0.05, 0) is 24.2 Å². The van der Waals surface area contributed by atoms with Crippen LogP contribution in [0, 0.1) is 5.92 Å². The topological polar surface area (TPSA) is 49.3 Å². The molecule has 3 nitrogen and oxygen atoms in total. The fraction of sp³-hybridized carbons (Fsp3) is 0.500. The van der Waals surface area contributed by atoms with Gasteiger partial charge in [0, 0.05) is 6.61 Å². The number of benzene rings is 1. The molecule has 0 bridgehead atoms. The highest BCUT2D eigenvalue weighted by molar-refractivity contribution is 7.99. The first-order valence-corrected chi connectivity index (χ1v) is 7.32. The molecule has 1 amide bonds. The van der Waals surface area contributed by atoms with E-state index < -0.39 is 0 Å². The van der Waals surface area contributed by atoms with E-state index in [-0.39, 0.29) is 24.5 Å². The summed E-state index contributed by atoms with van der Waals surface area (Å²) in [5, 5.41) is 11.8. The second-order valence-corrected chi connectivity index (χ2v) is 5.53. The lowest BCUT2D eigenvalue weighted by Crippen LogP contribution is -2.28. The van der Waals surface area contributed by atoms with E-state index in [1.54, 1.807) is 11.8 Å². The number of hydrogen-bond acceptors (Lipinski definition) is 3. The maximum Gasteiger partial charge on any atom is 0.230 e. The quantitative estimate of drug-likeness (QED) is 0.796. The first-order chi connectivity index (χ1) is 8.63. The summed E-state index contributed by atoms with van der Waals surface area (Å²) in [5.74, 6) is 1.54. The van der Waals surface area contributed by atoms with Crippen LogP contribution in [0.15, 0.2) is 30.3 Å². The van der Waals surface area contributed by atoms with Crippen molar-refractivity contribution in [2.75, 3.05) is 18.1 Å². The molecule has 4 heteroatoms. The summed E-state index contributed by atoms with van der Waals surface area (Å²) in [7, 11) is 0. The van der Waals surface area contributed by atoms with E-state index >= 15 is 0 Å². The Kier molecular flexibility index (Phi) is 6.83. The smallest absolute Gasteiger partial charge is 0.230 e. The molecule has 0 aromatic heterocycles. The summed E-state index contributed by atoms with van der Waals surface area (Å²) in [6.07, 6.45) is 0. The van der Waals surface area contributed by atoms with Crippen molar-refractivity contribution in [1.29, 1.82) is 0 Å². The van der Waals surface area contributed by atoms with Crippen LogP contribution in [0.1, 0.15) is 25.5 Å². The molecule has 0 spiro atoms. The van der Waals surface area contributed by atoms with Crippen LogP contribution in [0.4, 0.5) is 0 Å². The second-order valence-electron chi connectivity index (χ2n) is 4.50. The summed E-state index contributed by atoms with van der Waals surface area (Å²) in [6.45, 7) is 4.13. The Bertz CT molecular complexity index is 356. The fourth-order valence-corrected chi connectivity index (χ4v) is 2.41. The van der Waals surface area contributed by atoms with E-state index in [2.05, 4.69) is 5.32 Å². The van der Waals surface area contributed by atoms with E-state index in [0.29, 0.717) is 5.75 Å². The number of rotatable bonds is 7. The average molecular weight is 267 g/mol. The molecule has 18 heavy (non-hydrogen) atoms. The molecule has 0 saturated heterocycles. The van der Waals surface area contributed by atoms with Crippen LogP contribution in [0.25, 0.3) is 0 Å². The highest BCUT2D eigenvalue weighted by Crippen LogP contribution is 2.12. The lowest BCUT2D eigenvalue weighted by Gasteiger charge is -2.14. The van der Waals surface area contributed by atoms with Crippen molar-refractivity contribution in [3.8, 4) is 0 Å². The zero-order chi connectivity index (χ0) is 13.4. The Labute approximate surface area is 113 Å². The maximum absolute atomic E-state index is 11.7. The number of carbonyl (C=O) groups excluding carboxylic acids is 1. The van der Waals surface area contributed by atoms with Gasteiger partial charge in [0.05, 0.1) is 11.8 Å². The molecule has 0 aliphatic rings. The number of thioether (sulfide) groups is 1. The molecule has 0 radical (unpaired) electrons. The van der Waals surface area contributed by atoms with Crippen LogP contribution in [0.2, 0.25) is 0 Å². The second kappa shape index (κ2) is 8.16. The zero-order valence-corrected chi connectivity index (χ0v) is 11.7. The molecule has 100 valence electrons. The predicted molar refractivity (Wildman–Crippen MR) is 76.6 cm³/mol. The molecule has 2 N–H and O–H groups in total. The largest absolute Gasteiger partial charge is 0.396 e. The summed E-state index contributed by atoms with van der Waals surface area (Å²) in [5.41, 5.74) is 1.11. The van der Waals surface area contributed by atoms with Gasteiger partial charge >= 0.3 is 0 Å². The van der Waals surface area contributed by atoms with E-state index in [4.69, 9.17) is 5.11 Å². The molecular formula is C14H21NO2S. The molecule has 0 saturated carbocycles. The molecule has 2 unspecified atom stereocenters. The summed E-state index contributed by atoms with van der Waals surface area (Å²) < 4.78 is 0. The van der Waals surface area contributed by atoms with Gasteiger partial charge < -0.3 is 10.4 Å². The summed E-state index contributed by atoms with van der Waals surface area (Å²) in [6, 6.07) is 9.95. The number of aliphatic hydroxyl groups excluding tert-OH is 1. The van der Waals surface area contributed by atoms with Gasteiger partial charge in [-0.1, -0.05) is 37.3 Å². The van der Waals surface area contributed by atoms with E-state index in [1.807, 2.05) is 44.2 Å². The van der Waals surface area contributed by atoms with Crippen molar-refractivity contribution in [1.82, 2.24) is 5.32 Å². The molecule has 1 aromatic carbocycles. The monoisotopic (exact) mass is 267 g/mol. The molecule has 0 aliphatic carbocycles. The van der Waals surface area contributed by atoms with Crippen molar-refractivity contribution >= 4 is 17.7 Å². The van der Waals surface area contributed by atoms with Gasteiger partial charge in [-0.25, -0.2) is 0 Å². The highest BCUT2D eigenvalue weighted by atomic mass is 32.2. The minimum absolute atomic E-state index is 0.0366. The Hall–Kier alpha value is -1.00.